The van der Waals surface area contributed by atoms with Crippen LogP contribution in [0.2, 0.25) is 0 Å². The average molecular weight is 172 g/mol. The van der Waals surface area contributed by atoms with Crippen molar-refractivity contribution < 1.29 is 0 Å². The maximum Gasteiger partial charge on any atom is 0.166 e. The van der Waals surface area contributed by atoms with E-state index in [4.69, 9.17) is 18.0 Å². The van der Waals surface area contributed by atoms with Crippen molar-refractivity contribution in [2.45, 2.75) is 38.6 Å². The molecule has 2 nitrogen and oxygen atoms in total. The van der Waals surface area contributed by atoms with E-state index in [0.29, 0.717) is 11.2 Å². The van der Waals surface area contributed by atoms with Gasteiger partial charge < -0.3 is 10.6 Å². The maximum atomic E-state index is 5.59. The van der Waals surface area contributed by atoms with Gasteiger partial charge in [-0.25, -0.2) is 0 Å². The molecule has 0 aromatic carbocycles. The Kier molecular flexibility index (Phi) is 3.12. The van der Waals surface area contributed by atoms with E-state index in [0.717, 1.165) is 13.0 Å². The molecule has 0 aliphatic carbocycles. The van der Waals surface area contributed by atoms with Crippen LogP contribution in [-0.4, -0.2) is 22.6 Å². The number of likely N-dealkylation sites (tertiary alicyclic amines) is 1. The van der Waals surface area contributed by atoms with E-state index in [2.05, 4.69) is 11.8 Å². The predicted molar refractivity (Wildman–Crippen MR) is 51.4 cm³/mol. The zero-order chi connectivity index (χ0) is 8.27. The largest absolute Gasteiger partial charge is 0.376 e. The molecule has 1 heterocycles. The highest BCUT2D eigenvalue weighted by atomic mass is 32.1. The first kappa shape index (κ1) is 8.78. The van der Waals surface area contributed by atoms with Crippen molar-refractivity contribution in [3.05, 3.63) is 0 Å². The van der Waals surface area contributed by atoms with Crippen LogP contribution in [0, 0.1) is 0 Å². The fraction of sp³-hybridized carbons (Fsp3) is 0.875. The minimum Gasteiger partial charge on any atom is -0.376 e. The van der Waals surface area contributed by atoms with Crippen LogP contribution in [0.4, 0.5) is 0 Å². The number of thiocarbonyl (C=S) groups is 1. The van der Waals surface area contributed by atoms with Crippen LogP contribution in [0.25, 0.3) is 0 Å². The van der Waals surface area contributed by atoms with Gasteiger partial charge in [-0.15, -0.1) is 0 Å². The summed E-state index contributed by atoms with van der Waals surface area (Å²) >= 11 is 4.96. The summed E-state index contributed by atoms with van der Waals surface area (Å²) in [7, 11) is 0. The van der Waals surface area contributed by atoms with Crippen LogP contribution in [0.15, 0.2) is 0 Å². The average Bonchev–Trinajstić information content (AvgIpc) is 2.04. The highest BCUT2D eigenvalue weighted by Crippen LogP contribution is 2.18. The minimum atomic E-state index is 0.580. The molecule has 64 valence electrons. The molecular formula is C8H16N2S. The van der Waals surface area contributed by atoms with Gasteiger partial charge in [0.25, 0.3) is 0 Å². The summed E-state index contributed by atoms with van der Waals surface area (Å²) in [5, 5.41) is 0.580. The highest BCUT2D eigenvalue weighted by Gasteiger charge is 2.20. The molecule has 0 amide bonds. The Morgan fingerprint density at radius 2 is 2.36 bits per heavy atom. The first-order chi connectivity index (χ1) is 5.25. The third-order valence-electron chi connectivity index (χ3n) is 2.38. The summed E-state index contributed by atoms with van der Waals surface area (Å²) in [4.78, 5) is 2.17. The number of piperidine rings is 1. The van der Waals surface area contributed by atoms with Gasteiger partial charge in [0.05, 0.1) is 0 Å². The molecule has 0 radical (unpaired) electrons. The van der Waals surface area contributed by atoms with Gasteiger partial charge in [-0.2, -0.15) is 0 Å². The predicted octanol–water partition coefficient (Wildman–Crippen LogP) is 1.49. The SMILES string of the molecule is CCC1CCCCN1C(N)=S. The zero-order valence-electron chi connectivity index (χ0n) is 7.05. The number of hydrogen-bond acceptors (Lipinski definition) is 1. The van der Waals surface area contributed by atoms with Gasteiger partial charge in [-0.1, -0.05) is 6.92 Å². The Morgan fingerprint density at radius 3 is 2.82 bits per heavy atom. The Bertz CT molecular complexity index is 147. The molecule has 11 heavy (non-hydrogen) atoms. The first-order valence-corrected chi connectivity index (χ1v) is 4.72. The number of nitrogens with two attached hydrogens (primary N) is 1. The standard InChI is InChI=1S/C8H16N2S/c1-2-7-5-3-4-6-10(7)8(9)11/h7H,2-6H2,1H3,(H2,9,11). The van der Waals surface area contributed by atoms with Gasteiger partial charge in [0.1, 0.15) is 0 Å². The van der Waals surface area contributed by atoms with Gasteiger partial charge in [0.2, 0.25) is 0 Å². The lowest BCUT2D eigenvalue weighted by atomic mass is 10.0. The van der Waals surface area contributed by atoms with Crippen molar-refractivity contribution >= 4 is 17.3 Å². The molecule has 1 rings (SSSR count). The van der Waals surface area contributed by atoms with Gasteiger partial charge in [-0.05, 0) is 37.9 Å². The minimum absolute atomic E-state index is 0.580. The molecule has 0 bridgehead atoms. The van der Waals surface area contributed by atoms with E-state index in [1.54, 1.807) is 0 Å². The molecule has 1 aliphatic heterocycles. The monoisotopic (exact) mass is 172 g/mol. The van der Waals surface area contributed by atoms with Crippen LogP contribution in [0.5, 0.6) is 0 Å². The second-order valence-electron chi connectivity index (χ2n) is 3.09. The third kappa shape index (κ3) is 2.06. The highest BCUT2D eigenvalue weighted by molar-refractivity contribution is 7.80. The normalized spacial score (nSPS) is 25.2. The Hall–Kier alpha value is -0.310. The third-order valence-corrected chi connectivity index (χ3v) is 2.62. The van der Waals surface area contributed by atoms with Crippen LogP contribution in [0.1, 0.15) is 32.6 Å². The molecule has 1 unspecified atom stereocenters. The Morgan fingerprint density at radius 1 is 1.64 bits per heavy atom. The fourth-order valence-electron chi connectivity index (χ4n) is 1.72. The molecule has 1 fully saturated rings. The van der Waals surface area contributed by atoms with Crippen LogP contribution in [0.3, 0.4) is 0 Å². The second-order valence-corrected chi connectivity index (χ2v) is 3.51. The fourth-order valence-corrected chi connectivity index (χ4v) is 1.96. The van der Waals surface area contributed by atoms with Gasteiger partial charge in [-0.3, -0.25) is 0 Å². The van der Waals surface area contributed by atoms with Crippen molar-refractivity contribution in [3.8, 4) is 0 Å². The lowest BCUT2D eigenvalue weighted by Gasteiger charge is -2.35. The Labute approximate surface area is 73.7 Å². The van der Waals surface area contributed by atoms with Crippen LogP contribution in [-0.2, 0) is 0 Å². The van der Waals surface area contributed by atoms with E-state index >= 15 is 0 Å². The molecule has 2 N–H and O–H groups in total. The summed E-state index contributed by atoms with van der Waals surface area (Å²) in [5.74, 6) is 0. The van der Waals surface area contributed by atoms with Crippen molar-refractivity contribution in [1.29, 1.82) is 0 Å². The number of nitrogens with zero attached hydrogens (tertiary/aromatic N) is 1. The molecule has 0 spiro atoms. The summed E-state index contributed by atoms with van der Waals surface area (Å²) < 4.78 is 0. The second kappa shape index (κ2) is 3.90. The molecule has 1 saturated heterocycles. The molecule has 0 aromatic rings. The van der Waals surface area contributed by atoms with Crippen molar-refractivity contribution in [2.24, 2.45) is 5.73 Å². The Balaban J connectivity index is 2.51. The van der Waals surface area contributed by atoms with E-state index < -0.39 is 0 Å². The molecule has 3 heteroatoms. The van der Waals surface area contributed by atoms with Crippen molar-refractivity contribution in [2.75, 3.05) is 6.54 Å². The lowest BCUT2D eigenvalue weighted by Crippen LogP contribution is -2.45. The summed E-state index contributed by atoms with van der Waals surface area (Å²) in [6.45, 7) is 3.26. The maximum absolute atomic E-state index is 5.59. The van der Waals surface area contributed by atoms with Gasteiger partial charge in [0, 0.05) is 12.6 Å². The molecule has 0 aromatic heterocycles. The zero-order valence-corrected chi connectivity index (χ0v) is 7.86. The lowest BCUT2D eigenvalue weighted by molar-refractivity contribution is 0.237. The quantitative estimate of drug-likeness (QED) is 0.608. The van der Waals surface area contributed by atoms with Crippen LogP contribution >= 0.6 is 12.2 Å². The topological polar surface area (TPSA) is 29.3 Å². The van der Waals surface area contributed by atoms with E-state index in [1.807, 2.05) is 0 Å². The van der Waals surface area contributed by atoms with E-state index in [9.17, 15) is 0 Å². The summed E-state index contributed by atoms with van der Waals surface area (Å²) in [6.07, 6.45) is 5.00. The number of hydrogen-bond donors (Lipinski definition) is 1. The first-order valence-electron chi connectivity index (χ1n) is 4.31. The summed E-state index contributed by atoms with van der Waals surface area (Å²) in [6, 6.07) is 0.612. The van der Waals surface area contributed by atoms with Crippen LogP contribution < -0.4 is 5.73 Å². The van der Waals surface area contributed by atoms with Crippen molar-refractivity contribution in [3.63, 3.8) is 0 Å². The van der Waals surface area contributed by atoms with E-state index in [-0.39, 0.29) is 0 Å². The molecule has 0 saturated carbocycles. The van der Waals surface area contributed by atoms with Crippen molar-refractivity contribution in [1.82, 2.24) is 4.90 Å². The molecule has 1 aliphatic rings. The molecular weight excluding hydrogens is 156 g/mol. The van der Waals surface area contributed by atoms with Gasteiger partial charge >= 0.3 is 0 Å². The van der Waals surface area contributed by atoms with E-state index in [1.165, 1.54) is 19.3 Å². The van der Waals surface area contributed by atoms with Gasteiger partial charge in [0.15, 0.2) is 5.11 Å². The number of rotatable bonds is 1. The summed E-state index contributed by atoms with van der Waals surface area (Å²) in [5.41, 5.74) is 5.59. The smallest absolute Gasteiger partial charge is 0.166 e. The molecule has 1 atom stereocenters.